The number of amides is 2. The number of likely N-dealkylation sites (tertiary alicyclic amines) is 1. The molecule has 0 saturated carbocycles. The predicted molar refractivity (Wildman–Crippen MR) is 89.0 cm³/mol. The molecule has 1 aliphatic rings. The number of carbonyl (C=O) groups excluding carboxylic acids is 1. The van der Waals surface area contributed by atoms with Crippen LogP contribution in [-0.2, 0) is 0 Å². The standard InChI is InChI=1S/C17H18F2N2O2S/c18-12-3-4-14(13(19)10-12)20-17(23)21-7-5-11(6-8-21)16(22)15-2-1-9-24-15/h1-4,9-11,16,22H,5-8H2,(H,20,23). The van der Waals surface area contributed by atoms with E-state index in [2.05, 4.69) is 5.32 Å². The van der Waals surface area contributed by atoms with Gasteiger partial charge in [0, 0.05) is 24.0 Å². The number of rotatable bonds is 3. The molecule has 1 aromatic heterocycles. The van der Waals surface area contributed by atoms with Gasteiger partial charge in [-0.3, -0.25) is 0 Å². The van der Waals surface area contributed by atoms with Crippen molar-refractivity contribution in [1.29, 1.82) is 0 Å². The maximum atomic E-state index is 13.6. The van der Waals surface area contributed by atoms with E-state index in [1.54, 1.807) is 4.90 Å². The summed E-state index contributed by atoms with van der Waals surface area (Å²) in [6.45, 7) is 0.976. The Morgan fingerprint density at radius 2 is 2.04 bits per heavy atom. The van der Waals surface area contributed by atoms with Crippen molar-refractivity contribution < 1.29 is 18.7 Å². The maximum Gasteiger partial charge on any atom is 0.321 e. The summed E-state index contributed by atoms with van der Waals surface area (Å²) in [6.07, 6.45) is 0.848. The molecule has 0 aliphatic carbocycles. The number of carbonyl (C=O) groups is 1. The van der Waals surface area contributed by atoms with Crippen molar-refractivity contribution in [3.05, 3.63) is 52.2 Å². The van der Waals surface area contributed by atoms with Crippen LogP contribution in [0.3, 0.4) is 0 Å². The zero-order valence-corrected chi connectivity index (χ0v) is 13.7. The molecule has 3 rings (SSSR count). The van der Waals surface area contributed by atoms with E-state index >= 15 is 0 Å². The summed E-state index contributed by atoms with van der Waals surface area (Å²) in [5.41, 5.74) is -0.0397. The second-order valence-corrected chi connectivity index (χ2v) is 6.82. The lowest BCUT2D eigenvalue weighted by atomic mass is 9.90. The highest BCUT2D eigenvalue weighted by Crippen LogP contribution is 2.33. The Bertz CT molecular complexity index is 701. The quantitative estimate of drug-likeness (QED) is 0.877. The Balaban J connectivity index is 1.55. The Morgan fingerprint density at radius 1 is 1.29 bits per heavy atom. The molecule has 1 unspecified atom stereocenters. The van der Waals surface area contributed by atoms with Crippen LogP contribution in [0.1, 0.15) is 23.8 Å². The topological polar surface area (TPSA) is 52.6 Å². The summed E-state index contributed by atoms with van der Waals surface area (Å²) in [4.78, 5) is 14.7. The zero-order chi connectivity index (χ0) is 17.1. The highest BCUT2D eigenvalue weighted by Gasteiger charge is 2.29. The molecule has 24 heavy (non-hydrogen) atoms. The first kappa shape index (κ1) is 16.9. The minimum atomic E-state index is -0.800. The molecule has 2 amide bonds. The van der Waals surface area contributed by atoms with Gasteiger partial charge < -0.3 is 15.3 Å². The van der Waals surface area contributed by atoms with E-state index in [-0.39, 0.29) is 11.6 Å². The van der Waals surface area contributed by atoms with Crippen LogP contribution in [0.4, 0.5) is 19.3 Å². The van der Waals surface area contributed by atoms with Gasteiger partial charge in [0.05, 0.1) is 11.8 Å². The molecule has 128 valence electrons. The number of nitrogens with zero attached hydrogens (tertiary/aromatic N) is 1. The molecule has 1 fully saturated rings. The predicted octanol–water partition coefficient (Wildman–Crippen LogP) is 4.00. The van der Waals surface area contributed by atoms with Gasteiger partial charge in [0.2, 0.25) is 0 Å². The molecule has 1 aliphatic heterocycles. The summed E-state index contributed by atoms with van der Waals surface area (Å²) in [5, 5.41) is 14.8. The molecule has 4 nitrogen and oxygen atoms in total. The fourth-order valence-electron chi connectivity index (χ4n) is 2.90. The van der Waals surface area contributed by atoms with E-state index in [0.717, 1.165) is 17.0 Å². The average molecular weight is 352 g/mol. The molecule has 0 spiro atoms. The van der Waals surface area contributed by atoms with Gasteiger partial charge in [-0.1, -0.05) is 6.07 Å². The third-order valence-corrected chi connectivity index (χ3v) is 5.22. The van der Waals surface area contributed by atoms with Gasteiger partial charge in [0.1, 0.15) is 11.6 Å². The first-order valence-electron chi connectivity index (χ1n) is 7.77. The van der Waals surface area contributed by atoms with Gasteiger partial charge in [-0.25, -0.2) is 13.6 Å². The van der Waals surface area contributed by atoms with Crippen LogP contribution in [0, 0.1) is 17.6 Å². The summed E-state index contributed by atoms with van der Waals surface area (Å²) in [7, 11) is 0. The van der Waals surface area contributed by atoms with Crippen molar-refractivity contribution >= 4 is 23.1 Å². The molecule has 1 aromatic carbocycles. The van der Waals surface area contributed by atoms with E-state index in [9.17, 15) is 18.7 Å². The van der Waals surface area contributed by atoms with Gasteiger partial charge in [0.25, 0.3) is 0 Å². The molecule has 0 radical (unpaired) electrons. The van der Waals surface area contributed by atoms with Crippen molar-refractivity contribution in [1.82, 2.24) is 4.90 Å². The minimum Gasteiger partial charge on any atom is -0.387 e. The molecular formula is C17H18F2N2O2S. The van der Waals surface area contributed by atoms with E-state index in [1.165, 1.54) is 17.4 Å². The third kappa shape index (κ3) is 3.73. The number of hydrogen-bond donors (Lipinski definition) is 2. The maximum absolute atomic E-state index is 13.6. The lowest BCUT2D eigenvalue weighted by molar-refractivity contribution is 0.0708. The van der Waals surface area contributed by atoms with Crippen molar-refractivity contribution in [2.24, 2.45) is 5.92 Å². The molecular weight excluding hydrogens is 334 g/mol. The Kier molecular flexibility index (Phi) is 5.11. The number of piperidine rings is 1. The highest BCUT2D eigenvalue weighted by molar-refractivity contribution is 7.10. The zero-order valence-electron chi connectivity index (χ0n) is 12.9. The number of aliphatic hydroxyl groups excluding tert-OH is 1. The van der Waals surface area contributed by atoms with E-state index in [0.29, 0.717) is 25.9 Å². The number of aliphatic hydroxyl groups is 1. The number of thiophene rings is 1. The van der Waals surface area contributed by atoms with E-state index < -0.39 is 23.8 Å². The lowest BCUT2D eigenvalue weighted by Gasteiger charge is -2.34. The Hall–Kier alpha value is -1.99. The summed E-state index contributed by atoms with van der Waals surface area (Å²) < 4.78 is 26.5. The number of benzene rings is 1. The van der Waals surface area contributed by atoms with Crippen molar-refractivity contribution in [2.45, 2.75) is 18.9 Å². The van der Waals surface area contributed by atoms with E-state index in [1.807, 2.05) is 17.5 Å². The van der Waals surface area contributed by atoms with Crippen LogP contribution in [0.25, 0.3) is 0 Å². The monoisotopic (exact) mass is 352 g/mol. The normalized spacial score (nSPS) is 16.9. The van der Waals surface area contributed by atoms with Crippen LogP contribution in [0.5, 0.6) is 0 Å². The van der Waals surface area contributed by atoms with Gasteiger partial charge in [-0.15, -0.1) is 11.3 Å². The first-order valence-corrected chi connectivity index (χ1v) is 8.65. The van der Waals surface area contributed by atoms with Crippen molar-refractivity contribution in [3.63, 3.8) is 0 Å². The fourth-order valence-corrected chi connectivity index (χ4v) is 3.70. The molecule has 7 heteroatoms. The van der Waals surface area contributed by atoms with Crippen LogP contribution in [-0.4, -0.2) is 29.1 Å². The van der Waals surface area contributed by atoms with E-state index in [4.69, 9.17) is 0 Å². The summed E-state index contributed by atoms with van der Waals surface area (Å²) in [5.74, 6) is -1.38. The average Bonchev–Trinajstić information content (AvgIpc) is 3.11. The molecule has 1 saturated heterocycles. The van der Waals surface area contributed by atoms with Crippen LogP contribution < -0.4 is 5.32 Å². The van der Waals surface area contributed by atoms with Crippen molar-refractivity contribution in [2.75, 3.05) is 18.4 Å². The third-order valence-electron chi connectivity index (χ3n) is 4.28. The number of nitrogens with one attached hydrogen (secondary N) is 1. The first-order chi connectivity index (χ1) is 11.5. The van der Waals surface area contributed by atoms with Gasteiger partial charge in [-0.2, -0.15) is 0 Å². The SMILES string of the molecule is O=C(Nc1ccc(F)cc1F)N1CCC(C(O)c2cccs2)CC1. The fraction of sp³-hybridized carbons (Fsp3) is 0.353. The number of halogens is 2. The molecule has 1 atom stereocenters. The van der Waals surface area contributed by atoms with Crippen LogP contribution in [0.2, 0.25) is 0 Å². The largest absolute Gasteiger partial charge is 0.387 e. The summed E-state index contributed by atoms with van der Waals surface area (Å²) >= 11 is 1.52. The second kappa shape index (κ2) is 7.27. The molecule has 2 N–H and O–H groups in total. The minimum absolute atomic E-state index is 0.0397. The number of urea groups is 1. The number of anilines is 1. The molecule has 2 aromatic rings. The van der Waals surface area contributed by atoms with Crippen LogP contribution in [0.15, 0.2) is 35.7 Å². The van der Waals surface area contributed by atoms with Crippen LogP contribution >= 0.6 is 11.3 Å². The van der Waals surface area contributed by atoms with Gasteiger partial charge in [0.15, 0.2) is 0 Å². The molecule has 2 heterocycles. The van der Waals surface area contributed by atoms with Gasteiger partial charge >= 0.3 is 6.03 Å². The molecule has 0 bridgehead atoms. The van der Waals surface area contributed by atoms with Crippen molar-refractivity contribution in [3.8, 4) is 0 Å². The summed E-state index contributed by atoms with van der Waals surface area (Å²) in [6, 6.07) is 6.44. The van der Waals surface area contributed by atoms with Gasteiger partial charge in [-0.05, 0) is 42.3 Å². The Morgan fingerprint density at radius 3 is 2.67 bits per heavy atom. The number of hydrogen-bond acceptors (Lipinski definition) is 3. The lowest BCUT2D eigenvalue weighted by Crippen LogP contribution is -2.42. The Labute approximate surface area is 142 Å². The highest BCUT2D eigenvalue weighted by atomic mass is 32.1. The smallest absolute Gasteiger partial charge is 0.321 e. The second-order valence-electron chi connectivity index (χ2n) is 5.84.